The summed E-state index contributed by atoms with van der Waals surface area (Å²) in [6.07, 6.45) is -9.50. The molecule has 0 radical (unpaired) electrons. The van der Waals surface area contributed by atoms with E-state index in [1.54, 1.807) is 0 Å². The summed E-state index contributed by atoms with van der Waals surface area (Å²) in [5.41, 5.74) is -3.16. The van der Waals surface area contributed by atoms with Gasteiger partial charge in [-0.1, -0.05) is 0 Å². The first-order valence-electron chi connectivity index (χ1n) is 11.0. The fourth-order valence-corrected chi connectivity index (χ4v) is 5.57. The van der Waals surface area contributed by atoms with Gasteiger partial charge in [-0.05, 0) is 11.8 Å². The van der Waals surface area contributed by atoms with Crippen LogP contribution in [0.4, 0.5) is 4.39 Å². The van der Waals surface area contributed by atoms with Crippen molar-refractivity contribution >= 4 is 18.5 Å². The molecule has 2 saturated heterocycles. The average molecular weight is 582 g/mol. The maximum absolute atomic E-state index is 15.2. The van der Waals surface area contributed by atoms with Gasteiger partial charge in [-0.25, -0.2) is 14.0 Å². The van der Waals surface area contributed by atoms with Gasteiger partial charge in [-0.3, -0.25) is 33.2 Å². The number of aromatic nitrogens is 4. The Hall–Kier alpha value is -2.38. The smallest absolute Gasteiger partial charge is 0.330 e. The maximum atomic E-state index is 15.2. The molecule has 2 aliphatic rings. The standard InChI is InChI=1S/C19H24FN4O12PS/c1-32-15-13(28)9(35-17(15)24-5-3-11(27)22-19(24)30)7-33-37(31,38)36-14-8(6-25)34-16(12(14)20)23-4-2-10(26)21-18(23)29/h2-5,8-9,12-17,25,28H,6-7H2,1H3,(H,31,38)(H,21,26,29)(H,22,27,30)/t8-,9-,12?,13?,14?,15?,16-,17-,37?/m1/s1. The van der Waals surface area contributed by atoms with Crippen LogP contribution in [-0.2, 0) is 35.1 Å². The predicted octanol–water partition coefficient (Wildman–Crippen LogP) is -2.79. The van der Waals surface area contributed by atoms with Crippen molar-refractivity contribution in [1.82, 2.24) is 19.1 Å². The Morgan fingerprint density at radius 1 is 1.03 bits per heavy atom. The number of aliphatic hydroxyl groups excluding tert-OH is 2. The highest BCUT2D eigenvalue weighted by atomic mass is 32.5. The monoisotopic (exact) mass is 582 g/mol. The van der Waals surface area contributed by atoms with Crippen LogP contribution in [-0.4, -0.2) is 91.2 Å². The molecule has 2 aromatic heterocycles. The van der Waals surface area contributed by atoms with E-state index in [9.17, 15) is 34.3 Å². The molecule has 5 unspecified atom stereocenters. The molecule has 2 aliphatic heterocycles. The van der Waals surface area contributed by atoms with E-state index in [2.05, 4.69) is 0 Å². The number of rotatable bonds is 9. The van der Waals surface area contributed by atoms with Crippen LogP contribution in [0.1, 0.15) is 12.5 Å². The van der Waals surface area contributed by atoms with Gasteiger partial charge >= 0.3 is 18.1 Å². The summed E-state index contributed by atoms with van der Waals surface area (Å²) in [6, 6.07) is 2.03. The molecule has 16 nitrogen and oxygen atoms in total. The van der Waals surface area contributed by atoms with Gasteiger partial charge < -0.3 is 33.8 Å². The molecule has 38 heavy (non-hydrogen) atoms. The van der Waals surface area contributed by atoms with Gasteiger partial charge in [-0.2, -0.15) is 0 Å². The van der Waals surface area contributed by atoms with Gasteiger partial charge in [-0.15, -0.1) is 0 Å². The van der Waals surface area contributed by atoms with E-state index in [4.69, 9.17) is 35.1 Å². The van der Waals surface area contributed by atoms with Crippen molar-refractivity contribution in [3.8, 4) is 0 Å². The van der Waals surface area contributed by atoms with Gasteiger partial charge in [0, 0.05) is 31.6 Å². The van der Waals surface area contributed by atoms with Crippen LogP contribution < -0.4 is 22.5 Å². The van der Waals surface area contributed by atoms with E-state index in [1.165, 1.54) is 7.11 Å². The number of ether oxygens (including phenoxy) is 3. The molecule has 2 fully saturated rings. The maximum Gasteiger partial charge on any atom is 0.330 e. The van der Waals surface area contributed by atoms with Crippen molar-refractivity contribution in [1.29, 1.82) is 0 Å². The Morgan fingerprint density at radius 3 is 2.11 bits per heavy atom. The van der Waals surface area contributed by atoms with E-state index < -0.39 is 91.6 Å². The third-order valence-electron chi connectivity index (χ3n) is 5.94. The molecule has 19 heteroatoms. The Morgan fingerprint density at radius 2 is 1.58 bits per heavy atom. The number of alkyl halides is 1. The Kier molecular flexibility index (Phi) is 8.58. The van der Waals surface area contributed by atoms with Crippen molar-refractivity contribution in [3.05, 3.63) is 66.2 Å². The van der Waals surface area contributed by atoms with Crippen LogP contribution in [0.15, 0.2) is 43.7 Å². The number of aliphatic hydroxyl groups is 2. The molecule has 9 atom stereocenters. The predicted molar refractivity (Wildman–Crippen MR) is 127 cm³/mol. The average Bonchev–Trinajstić information content (AvgIpc) is 3.33. The van der Waals surface area contributed by atoms with E-state index in [-0.39, 0.29) is 0 Å². The van der Waals surface area contributed by atoms with E-state index in [0.29, 0.717) is 0 Å². The van der Waals surface area contributed by atoms with E-state index in [0.717, 1.165) is 33.7 Å². The lowest BCUT2D eigenvalue weighted by Crippen LogP contribution is -2.38. The first kappa shape index (κ1) is 28.6. The summed E-state index contributed by atoms with van der Waals surface area (Å²) < 4.78 is 43.7. The van der Waals surface area contributed by atoms with Crippen molar-refractivity contribution < 1.29 is 42.8 Å². The normalized spacial score (nSPS) is 32.9. The van der Waals surface area contributed by atoms with Crippen molar-refractivity contribution in [3.63, 3.8) is 0 Å². The topological polar surface area (TPSA) is 217 Å². The minimum atomic E-state index is -4.27. The zero-order chi connectivity index (χ0) is 27.8. The summed E-state index contributed by atoms with van der Waals surface area (Å²) in [4.78, 5) is 61.4. The quantitative estimate of drug-likeness (QED) is 0.189. The highest BCUT2D eigenvalue weighted by Crippen LogP contribution is 2.50. The highest BCUT2D eigenvalue weighted by molar-refractivity contribution is 8.07. The fraction of sp³-hybridized carbons (Fsp3) is 0.579. The molecule has 0 saturated carbocycles. The molecule has 0 aromatic carbocycles. The number of hydrogen-bond acceptors (Lipinski definition) is 12. The number of aromatic amines is 2. The largest absolute Gasteiger partial charge is 0.394 e. The van der Waals surface area contributed by atoms with Crippen LogP contribution in [0, 0.1) is 0 Å². The van der Waals surface area contributed by atoms with Crippen LogP contribution in [0.5, 0.6) is 0 Å². The first-order chi connectivity index (χ1) is 18.0. The molecular weight excluding hydrogens is 558 g/mol. The molecule has 0 bridgehead atoms. The van der Waals surface area contributed by atoms with Crippen molar-refractivity contribution in [2.75, 3.05) is 20.3 Å². The van der Waals surface area contributed by atoms with Gasteiger partial charge in [0.05, 0.1) is 13.2 Å². The summed E-state index contributed by atoms with van der Waals surface area (Å²) in [5, 5.41) is 20.2. The summed E-state index contributed by atoms with van der Waals surface area (Å²) in [6.45, 7) is -5.63. The summed E-state index contributed by atoms with van der Waals surface area (Å²) in [7, 11) is 1.25. The Balaban J connectivity index is 1.45. The van der Waals surface area contributed by atoms with E-state index >= 15 is 4.39 Å². The van der Waals surface area contributed by atoms with Gasteiger partial charge in [0.25, 0.3) is 11.1 Å². The fourth-order valence-electron chi connectivity index (χ4n) is 4.13. The van der Waals surface area contributed by atoms with Crippen LogP contribution in [0.3, 0.4) is 0 Å². The number of H-pyrrole nitrogens is 2. The number of nitrogens with zero attached hydrogens (tertiary/aromatic N) is 2. The zero-order valence-corrected chi connectivity index (χ0v) is 21.2. The Bertz CT molecular complexity index is 1430. The summed E-state index contributed by atoms with van der Waals surface area (Å²) >= 11 is 4.96. The van der Waals surface area contributed by atoms with Crippen LogP contribution in [0.2, 0.25) is 0 Å². The lowest BCUT2D eigenvalue weighted by molar-refractivity contribution is -0.0635. The molecule has 4 rings (SSSR count). The lowest BCUT2D eigenvalue weighted by Gasteiger charge is -2.25. The van der Waals surface area contributed by atoms with Crippen LogP contribution in [0.25, 0.3) is 0 Å². The van der Waals surface area contributed by atoms with E-state index in [1.807, 2.05) is 9.97 Å². The molecule has 2 aromatic rings. The minimum absolute atomic E-state index is 0.583. The SMILES string of the molecule is COC1C(O)[C@@H](COP(O)(=S)OC2C(F)[C@H](n3ccc(=O)[nH]c3=O)O[C@@H]2CO)O[C@H]1n1ccc(=O)[nH]c1=O. The van der Waals surface area contributed by atoms with Crippen LogP contribution >= 0.6 is 6.72 Å². The molecule has 4 heterocycles. The molecule has 0 spiro atoms. The van der Waals surface area contributed by atoms with Crippen molar-refractivity contribution in [2.45, 2.75) is 49.1 Å². The number of methoxy groups -OCH3 is 1. The third-order valence-corrected chi connectivity index (χ3v) is 7.50. The Labute approximate surface area is 216 Å². The van der Waals surface area contributed by atoms with Gasteiger partial charge in [0.2, 0.25) is 0 Å². The highest BCUT2D eigenvalue weighted by Gasteiger charge is 2.50. The molecular formula is C19H24FN4O12PS. The second kappa shape index (κ2) is 11.4. The first-order valence-corrected chi connectivity index (χ1v) is 13.6. The molecule has 0 amide bonds. The number of halogens is 1. The lowest BCUT2D eigenvalue weighted by atomic mass is 10.1. The number of hydrogen-bond donors (Lipinski definition) is 5. The number of nitrogens with one attached hydrogen (secondary N) is 2. The second-order valence-corrected chi connectivity index (χ2v) is 11.1. The zero-order valence-electron chi connectivity index (χ0n) is 19.5. The van der Waals surface area contributed by atoms with Gasteiger partial charge in [0.1, 0.15) is 30.5 Å². The minimum Gasteiger partial charge on any atom is -0.394 e. The molecule has 210 valence electrons. The van der Waals surface area contributed by atoms with Gasteiger partial charge in [0.15, 0.2) is 18.6 Å². The third kappa shape index (κ3) is 5.79. The molecule has 5 N–H and O–H groups in total. The molecule has 0 aliphatic carbocycles. The summed E-state index contributed by atoms with van der Waals surface area (Å²) in [5.74, 6) is 0. The van der Waals surface area contributed by atoms with Crippen molar-refractivity contribution in [2.24, 2.45) is 0 Å². The second-order valence-electron chi connectivity index (χ2n) is 8.32.